The smallest absolute Gasteiger partial charge is 0.322 e. The van der Waals surface area contributed by atoms with E-state index in [1.165, 1.54) is 0 Å². The molecule has 2 heterocycles. The number of carbonyl (C=O) groups excluding carboxylic acids is 2. The van der Waals surface area contributed by atoms with Gasteiger partial charge in [0.1, 0.15) is 18.3 Å². The lowest BCUT2D eigenvalue weighted by atomic mass is 9.97. The average molecular weight is 543 g/mol. The van der Waals surface area contributed by atoms with Crippen molar-refractivity contribution in [2.75, 3.05) is 30.4 Å². The number of hydrogen-bond donors (Lipinski definition) is 1. The number of methoxy groups -OCH3 is 1. The average Bonchev–Trinajstić information content (AvgIpc) is 3.45. The highest BCUT2D eigenvalue weighted by molar-refractivity contribution is 6.30. The molecule has 0 spiro atoms. The van der Waals surface area contributed by atoms with Crippen LogP contribution in [0.25, 0.3) is 5.69 Å². The number of urea groups is 1. The largest absolute Gasteiger partial charge is 0.497 e. The number of carbonyl (C=O) groups is 2. The summed E-state index contributed by atoms with van der Waals surface area (Å²) in [6.45, 7) is 2.44. The Bertz CT molecular complexity index is 1470. The molecule has 0 saturated carbocycles. The zero-order valence-electron chi connectivity index (χ0n) is 22.0. The molecule has 1 N–H and O–H groups in total. The molecule has 5 rings (SSSR count). The van der Waals surface area contributed by atoms with Crippen LogP contribution < -0.4 is 15.0 Å². The summed E-state index contributed by atoms with van der Waals surface area (Å²) in [6, 6.07) is 25.9. The number of aromatic nitrogens is 1. The van der Waals surface area contributed by atoms with Crippen LogP contribution in [0, 0.1) is 0 Å². The summed E-state index contributed by atoms with van der Waals surface area (Å²) in [5.74, 6) is 0.467. The van der Waals surface area contributed by atoms with Crippen molar-refractivity contribution < 1.29 is 14.3 Å². The Kier molecular flexibility index (Phi) is 7.89. The fourth-order valence-electron chi connectivity index (χ4n) is 4.97. The molecule has 3 aromatic carbocycles. The number of fused-ring (bicyclic) bond motifs is 3. The van der Waals surface area contributed by atoms with Gasteiger partial charge in [0.05, 0.1) is 24.2 Å². The molecule has 3 amide bonds. The SMILES string of the molecule is CCCCN(CC(=O)N1c2ccccc2-n2cccc2[C@H]1c1ccc(Cl)cc1)C(=O)Nc1cccc(OC)c1. The number of benzene rings is 3. The van der Waals surface area contributed by atoms with Crippen molar-refractivity contribution in [3.8, 4) is 11.4 Å². The predicted octanol–water partition coefficient (Wildman–Crippen LogP) is 6.91. The lowest BCUT2D eigenvalue weighted by molar-refractivity contribution is -0.119. The molecule has 200 valence electrons. The van der Waals surface area contributed by atoms with Crippen LogP contribution >= 0.6 is 11.6 Å². The molecule has 0 aliphatic carbocycles. The van der Waals surface area contributed by atoms with Gasteiger partial charge in [-0.1, -0.05) is 55.3 Å². The van der Waals surface area contributed by atoms with E-state index in [0.717, 1.165) is 35.5 Å². The standard InChI is InChI=1S/C31H31ClN4O3/c1-3-4-18-34(31(38)33-24-9-7-10-25(20-24)39-2)21-29(37)36-27-12-6-5-11-26(27)35-19-8-13-28(35)30(36)22-14-16-23(32)17-15-22/h5-17,19-20,30H,3-4,18,21H2,1-2H3,(H,33,38)/t30-/m1/s1. The number of rotatable bonds is 8. The van der Waals surface area contributed by atoms with Gasteiger partial charge >= 0.3 is 6.03 Å². The van der Waals surface area contributed by atoms with E-state index < -0.39 is 0 Å². The minimum absolute atomic E-state index is 0.0745. The van der Waals surface area contributed by atoms with Crippen LogP contribution in [0.2, 0.25) is 5.02 Å². The third kappa shape index (κ3) is 5.49. The second-order valence-corrected chi connectivity index (χ2v) is 9.88. The van der Waals surface area contributed by atoms with Gasteiger partial charge in [-0.25, -0.2) is 4.79 Å². The van der Waals surface area contributed by atoms with E-state index in [0.29, 0.717) is 23.0 Å². The second-order valence-electron chi connectivity index (χ2n) is 9.45. The van der Waals surface area contributed by atoms with E-state index >= 15 is 0 Å². The molecule has 39 heavy (non-hydrogen) atoms. The molecule has 0 saturated heterocycles. The number of nitrogens with zero attached hydrogens (tertiary/aromatic N) is 3. The summed E-state index contributed by atoms with van der Waals surface area (Å²) < 4.78 is 7.40. The van der Waals surface area contributed by atoms with Gasteiger partial charge in [0.2, 0.25) is 5.91 Å². The molecule has 0 radical (unpaired) electrons. The highest BCUT2D eigenvalue weighted by Gasteiger charge is 2.37. The Labute approximate surface area is 233 Å². The summed E-state index contributed by atoms with van der Waals surface area (Å²) in [5.41, 5.74) is 4.20. The molecule has 1 aliphatic rings. The van der Waals surface area contributed by atoms with Gasteiger partial charge in [-0.15, -0.1) is 0 Å². The van der Waals surface area contributed by atoms with Crippen LogP contribution in [0.3, 0.4) is 0 Å². The quantitative estimate of drug-likeness (QED) is 0.263. The fourth-order valence-corrected chi connectivity index (χ4v) is 5.09. The van der Waals surface area contributed by atoms with Crippen molar-refractivity contribution in [1.82, 2.24) is 9.47 Å². The third-order valence-corrected chi connectivity index (χ3v) is 7.14. The number of amides is 3. The van der Waals surface area contributed by atoms with Gasteiger partial charge < -0.3 is 19.5 Å². The monoisotopic (exact) mass is 542 g/mol. The molecule has 7 nitrogen and oxygen atoms in total. The van der Waals surface area contributed by atoms with E-state index in [2.05, 4.69) is 16.8 Å². The number of unbranched alkanes of at least 4 members (excludes halogenated alkanes) is 1. The van der Waals surface area contributed by atoms with Crippen molar-refractivity contribution in [1.29, 1.82) is 0 Å². The molecule has 4 aromatic rings. The molecule has 0 unspecified atom stereocenters. The van der Waals surface area contributed by atoms with Crippen LogP contribution in [0.5, 0.6) is 5.75 Å². The molecule has 8 heteroatoms. The van der Waals surface area contributed by atoms with Crippen molar-refractivity contribution >= 4 is 34.9 Å². The van der Waals surface area contributed by atoms with Gasteiger partial charge in [0, 0.05) is 29.5 Å². The zero-order valence-corrected chi connectivity index (χ0v) is 22.8. The van der Waals surface area contributed by atoms with Crippen molar-refractivity contribution in [3.63, 3.8) is 0 Å². The summed E-state index contributed by atoms with van der Waals surface area (Å²) >= 11 is 6.20. The first-order valence-corrected chi connectivity index (χ1v) is 13.4. The molecular weight excluding hydrogens is 512 g/mol. The maximum Gasteiger partial charge on any atom is 0.322 e. The minimum atomic E-state index is -0.380. The first-order valence-electron chi connectivity index (χ1n) is 13.0. The second kappa shape index (κ2) is 11.7. The minimum Gasteiger partial charge on any atom is -0.497 e. The lowest BCUT2D eigenvalue weighted by Gasteiger charge is -2.39. The summed E-state index contributed by atoms with van der Waals surface area (Å²) in [5, 5.41) is 3.56. The van der Waals surface area contributed by atoms with Crippen LogP contribution in [-0.2, 0) is 4.79 Å². The number of para-hydroxylation sites is 2. The Morgan fingerprint density at radius 2 is 1.74 bits per heavy atom. The molecular formula is C31H31ClN4O3. The normalized spacial score (nSPS) is 13.8. The van der Waals surface area contributed by atoms with Crippen LogP contribution in [0.1, 0.15) is 37.1 Å². The van der Waals surface area contributed by atoms with Crippen LogP contribution in [-0.4, -0.2) is 41.6 Å². The Balaban J connectivity index is 1.49. The highest BCUT2D eigenvalue weighted by Crippen LogP contribution is 2.42. The van der Waals surface area contributed by atoms with Crippen LogP contribution in [0.15, 0.2) is 91.1 Å². The third-order valence-electron chi connectivity index (χ3n) is 6.89. The van der Waals surface area contributed by atoms with Gasteiger partial charge in [-0.05, 0) is 60.5 Å². The molecule has 0 bridgehead atoms. The maximum atomic E-state index is 14.2. The number of nitrogens with one attached hydrogen (secondary N) is 1. The lowest BCUT2D eigenvalue weighted by Crippen LogP contribution is -2.48. The van der Waals surface area contributed by atoms with Gasteiger partial charge in [0.25, 0.3) is 0 Å². The molecule has 0 fully saturated rings. The molecule has 1 aliphatic heterocycles. The van der Waals surface area contributed by atoms with E-state index in [9.17, 15) is 9.59 Å². The van der Waals surface area contributed by atoms with Gasteiger partial charge in [0.15, 0.2) is 0 Å². The number of anilines is 2. The first-order chi connectivity index (χ1) is 19.0. The Morgan fingerprint density at radius 1 is 0.974 bits per heavy atom. The molecule has 1 aromatic heterocycles. The molecule has 1 atom stereocenters. The van der Waals surface area contributed by atoms with Gasteiger partial charge in [-0.3, -0.25) is 9.69 Å². The Morgan fingerprint density at radius 3 is 2.49 bits per heavy atom. The van der Waals surface area contributed by atoms with Gasteiger partial charge in [-0.2, -0.15) is 0 Å². The van der Waals surface area contributed by atoms with Crippen molar-refractivity contribution in [2.45, 2.75) is 25.8 Å². The topological polar surface area (TPSA) is 66.8 Å². The van der Waals surface area contributed by atoms with E-state index in [1.807, 2.05) is 83.9 Å². The number of hydrogen-bond acceptors (Lipinski definition) is 3. The number of halogens is 1. The summed E-state index contributed by atoms with van der Waals surface area (Å²) in [7, 11) is 1.58. The van der Waals surface area contributed by atoms with Crippen LogP contribution in [0.4, 0.5) is 16.2 Å². The van der Waals surface area contributed by atoms with E-state index in [4.69, 9.17) is 16.3 Å². The number of ether oxygens (including phenoxy) is 1. The summed E-state index contributed by atoms with van der Waals surface area (Å²) in [4.78, 5) is 31.0. The first kappa shape index (κ1) is 26.4. The van der Waals surface area contributed by atoms with E-state index in [-0.39, 0.29) is 24.5 Å². The summed E-state index contributed by atoms with van der Waals surface area (Å²) in [6.07, 6.45) is 3.68. The fraction of sp³-hybridized carbons (Fsp3) is 0.226. The Hall–Kier alpha value is -4.23. The zero-order chi connectivity index (χ0) is 27.4. The maximum absolute atomic E-state index is 14.2. The van der Waals surface area contributed by atoms with Crippen molar-refractivity contribution in [3.05, 3.63) is 107 Å². The van der Waals surface area contributed by atoms with Crippen molar-refractivity contribution in [2.24, 2.45) is 0 Å². The van der Waals surface area contributed by atoms with E-state index in [1.54, 1.807) is 24.1 Å². The highest BCUT2D eigenvalue weighted by atomic mass is 35.5. The predicted molar refractivity (Wildman–Crippen MR) is 155 cm³/mol.